The zero-order valence-electron chi connectivity index (χ0n) is 17.8. The van der Waals surface area contributed by atoms with E-state index in [0.717, 1.165) is 5.56 Å². The van der Waals surface area contributed by atoms with Gasteiger partial charge in [-0.15, -0.1) is 0 Å². The van der Waals surface area contributed by atoms with E-state index in [4.69, 9.17) is 21.1 Å². The Kier molecular flexibility index (Phi) is 7.36. The van der Waals surface area contributed by atoms with Gasteiger partial charge in [0.15, 0.2) is 0 Å². The van der Waals surface area contributed by atoms with E-state index in [2.05, 4.69) is 0 Å². The first-order valence-electron chi connectivity index (χ1n) is 10.1. The molecule has 3 rings (SSSR count). The number of likely N-dealkylation sites (tertiary alicyclic amines) is 1. The van der Waals surface area contributed by atoms with Crippen molar-refractivity contribution in [3.8, 4) is 5.75 Å². The number of carbonyl (C=O) groups is 2. The molecule has 0 radical (unpaired) electrons. The number of hydrogen-bond donors (Lipinski definition) is 1. The molecule has 1 unspecified atom stereocenters. The number of methoxy groups -OCH3 is 1. The van der Waals surface area contributed by atoms with E-state index in [0.29, 0.717) is 35.9 Å². The SMILES string of the molecule is COc1cc(/C(O)=C2/C(=O)C(=O)N(CCCOC(C)C)C2c2ccccc2)ccc1Cl. The Morgan fingerprint density at radius 2 is 1.87 bits per heavy atom. The minimum absolute atomic E-state index is 0.0466. The van der Waals surface area contributed by atoms with Gasteiger partial charge in [-0.1, -0.05) is 41.9 Å². The number of ether oxygens (including phenoxy) is 2. The molecule has 1 fully saturated rings. The topological polar surface area (TPSA) is 76.1 Å². The molecular weight excluding hydrogens is 418 g/mol. The first-order chi connectivity index (χ1) is 14.8. The van der Waals surface area contributed by atoms with E-state index in [1.165, 1.54) is 12.0 Å². The Balaban J connectivity index is 2.03. The Hall–Kier alpha value is -2.83. The van der Waals surface area contributed by atoms with Gasteiger partial charge in [0.2, 0.25) is 0 Å². The lowest BCUT2D eigenvalue weighted by molar-refractivity contribution is -0.140. The van der Waals surface area contributed by atoms with Gasteiger partial charge < -0.3 is 19.5 Å². The Bertz CT molecular complexity index is 987. The second-order valence-corrected chi connectivity index (χ2v) is 7.93. The highest BCUT2D eigenvalue weighted by Gasteiger charge is 2.45. The molecule has 0 aliphatic carbocycles. The maximum Gasteiger partial charge on any atom is 0.295 e. The minimum Gasteiger partial charge on any atom is -0.507 e. The van der Waals surface area contributed by atoms with Gasteiger partial charge in [0, 0.05) is 18.7 Å². The second-order valence-electron chi connectivity index (χ2n) is 7.53. The van der Waals surface area contributed by atoms with Gasteiger partial charge in [-0.3, -0.25) is 9.59 Å². The van der Waals surface area contributed by atoms with Crippen LogP contribution in [0.25, 0.3) is 5.76 Å². The van der Waals surface area contributed by atoms with Crippen molar-refractivity contribution in [1.29, 1.82) is 0 Å². The van der Waals surface area contributed by atoms with Gasteiger partial charge in [-0.2, -0.15) is 0 Å². The van der Waals surface area contributed by atoms with Crippen molar-refractivity contribution < 1.29 is 24.2 Å². The predicted molar refractivity (Wildman–Crippen MR) is 119 cm³/mol. The average molecular weight is 444 g/mol. The number of Topliss-reactive ketones (excluding diaryl/α,β-unsaturated/α-hetero) is 1. The van der Waals surface area contributed by atoms with Crippen LogP contribution in [0.3, 0.4) is 0 Å². The fourth-order valence-corrected chi connectivity index (χ4v) is 3.80. The van der Waals surface area contributed by atoms with E-state index < -0.39 is 17.7 Å². The molecule has 1 aliphatic rings. The lowest BCUT2D eigenvalue weighted by Gasteiger charge is -2.25. The van der Waals surface area contributed by atoms with E-state index in [9.17, 15) is 14.7 Å². The third-order valence-electron chi connectivity index (χ3n) is 5.07. The van der Waals surface area contributed by atoms with Crippen molar-refractivity contribution in [2.24, 2.45) is 0 Å². The summed E-state index contributed by atoms with van der Waals surface area (Å²) in [5, 5.41) is 11.4. The zero-order valence-corrected chi connectivity index (χ0v) is 18.6. The summed E-state index contributed by atoms with van der Waals surface area (Å²) in [4.78, 5) is 27.4. The lowest BCUT2D eigenvalue weighted by atomic mass is 9.95. The summed E-state index contributed by atoms with van der Waals surface area (Å²) in [5.74, 6) is -1.25. The molecule has 0 aromatic heterocycles. The Labute approximate surface area is 187 Å². The molecule has 7 heteroatoms. The van der Waals surface area contributed by atoms with Crippen LogP contribution < -0.4 is 4.74 Å². The normalized spacial score (nSPS) is 18.1. The number of amides is 1. The highest BCUT2D eigenvalue weighted by molar-refractivity contribution is 6.46. The first-order valence-corrected chi connectivity index (χ1v) is 10.5. The Morgan fingerprint density at radius 1 is 1.16 bits per heavy atom. The van der Waals surface area contributed by atoms with Crippen LogP contribution in [0.1, 0.15) is 37.4 Å². The number of aliphatic hydroxyl groups excluding tert-OH is 1. The third-order valence-corrected chi connectivity index (χ3v) is 5.39. The first kappa shape index (κ1) is 22.8. The summed E-state index contributed by atoms with van der Waals surface area (Å²) in [5.41, 5.74) is 1.14. The highest BCUT2D eigenvalue weighted by Crippen LogP contribution is 2.40. The quantitative estimate of drug-likeness (QED) is 0.279. The van der Waals surface area contributed by atoms with Crippen molar-refractivity contribution in [3.05, 3.63) is 70.3 Å². The highest BCUT2D eigenvalue weighted by atomic mass is 35.5. The molecule has 31 heavy (non-hydrogen) atoms. The van der Waals surface area contributed by atoms with Crippen LogP contribution in [0.15, 0.2) is 54.1 Å². The molecule has 164 valence electrons. The van der Waals surface area contributed by atoms with Crippen LogP contribution in [0.4, 0.5) is 0 Å². The molecule has 0 saturated carbocycles. The van der Waals surface area contributed by atoms with E-state index >= 15 is 0 Å². The fourth-order valence-electron chi connectivity index (χ4n) is 3.61. The van der Waals surface area contributed by atoms with Crippen molar-refractivity contribution in [2.45, 2.75) is 32.4 Å². The van der Waals surface area contributed by atoms with Crippen LogP contribution in [-0.4, -0.2) is 48.1 Å². The molecule has 1 heterocycles. The van der Waals surface area contributed by atoms with Crippen molar-refractivity contribution in [2.75, 3.05) is 20.3 Å². The number of benzene rings is 2. The van der Waals surface area contributed by atoms with Crippen molar-refractivity contribution in [3.63, 3.8) is 0 Å². The largest absolute Gasteiger partial charge is 0.507 e. The molecular formula is C24H26ClNO5. The van der Waals surface area contributed by atoms with Crippen molar-refractivity contribution >= 4 is 29.1 Å². The minimum atomic E-state index is -0.718. The van der Waals surface area contributed by atoms with Crippen LogP contribution in [0.2, 0.25) is 5.02 Å². The predicted octanol–water partition coefficient (Wildman–Crippen LogP) is 4.59. The monoisotopic (exact) mass is 443 g/mol. The zero-order chi connectivity index (χ0) is 22.5. The van der Waals surface area contributed by atoms with Gasteiger partial charge in [-0.25, -0.2) is 0 Å². The lowest BCUT2D eigenvalue weighted by Crippen LogP contribution is -2.31. The molecule has 2 aromatic carbocycles. The van der Waals surface area contributed by atoms with Gasteiger partial charge >= 0.3 is 0 Å². The number of nitrogens with zero attached hydrogens (tertiary/aromatic N) is 1. The summed E-state index contributed by atoms with van der Waals surface area (Å²) in [6, 6.07) is 13.2. The van der Waals surface area contributed by atoms with Gasteiger partial charge in [0.05, 0.1) is 29.9 Å². The van der Waals surface area contributed by atoms with Crippen LogP contribution in [0.5, 0.6) is 5.75 Å². The second kappa shape index (κ2) is 9.98. The summed E-state index contributed by atoms with van der Waals surface area (Å²) >= 11 is 6.09. The van der Waals surface area contributed by atoms with Crippen LogP contribution in [0, 0.1) is 0 Å². The number of rotatable bonds is 8. The molecule has 1 saturated heterocycles. The van der Waals surface area contributed by atoms with Crippen molar-refractivity contribution in [1.82, 2.24) is 4.90 Å². The summed E-state index contributed by atoms with van der Waals surface area (Å²) in [6.45, 7) is 4.68. The molecule has 0 bridgehead atoms. The number of aliphatic hydroxyl groups is 1. The average Bonchev–Trinajstić information content (AvgIpc) is 3.02. The van der Waals surface area contributed by atoms with E-state index in [1.807, 2.05) is 44.2 Å². The smallest absolute Gasteiger partial charge is 0.295 e. The van der Waals surface area contributed by atoms with Gasteiger partial charge in [0.1, 0.15) is 11.5 Å². The van der Waals surface area contributed by atoms with E-state index in [-0.39, 0.29) is 17.4 Å². The standard InChI is InChI=1S/C24H26ClNO5/c1-15(2)31-13-7-12-26-21(16-8-5-4-6-9-16)20(23(28)24(26)29)22(27)17-10-11-18(25)19(14-17)30-3/h4-6,8-11,14-15,21,27H,7,12-13H2,1-3H3/b22-20-. The molecule has 1 atom stereocenters. The van der Waals surface area contributed by atoms with E-state index in [1.54, 1.807) is 18.2 Å². The maximum absolute atomic E-state index is 13.0. The summed E-state index contributed by atoms with van der Waals surface area (Å²) in [6.07, 6.45) is 0.656. The van der Waals surface area contributed by atoms with Gasteiger partial charge in [-0.05, 0) is 44.0 Å². The summed E-state index contributed by atoms with van der Waals surface area (Å²) in [7, 11) is 1.47. The molecule has 1 amide bonds. The Morgan fingerprint density at radius 3 is 2.52 bits per heavy atom. The number of hydrogen-bond acceptors (Lipinski definition) is 5. The number of ketones is 1. The molecule has 2 aromatic rings. The summed E-state index contributed by atoms with van der Waals surface area (Å²) < 4.78 is 10.8. The number of carbonyl (C=O) groups excluding carboxylic acids is 2. The molecule has 0 spiro atoms. The molecule has 6 nitrogen and oxygen atoms in total. The molecule has 1 aliphatic heterocycles. The van der Waals surface area contributed by atoms with Crippen LogP contribution >= 0.6 is 11.6 Å². The third kappa shape index (κ3) is 4.92. The maximum atomic E-state index is 13.0. The van der Waals surface area contributed by atoms with Crippen LogP contribution in [-0.2, 0) is 14.3 Å². The van der Waals surface area contributed by atoms with Gasteiger partial charge in [0.25, 0.3) is 11.7 Å². The molecule has 1 N–H and O–H groups in total. The fraction of sp³-hybridized carbons (Fsp3) is 0.333. The number of halogens is 1.